The van der Waals surface area contributed by atoms with Crippen molar-refractivity contribution >= 4 is 33.7 Å². The minimum atomic E-state index is -0.508. The lowest BCUT2D eigenvalue weighted by Gasteiger charge is -2.24. The molecule has 0 aromatic heterocycles. The van der Waals surface area contributed by atoms with Gasteiger partial charge in [-0.15, -0.1) is 0 Å². The van der Waals surface area contributed by atoms with Gasteiger partial charge in [-0.3, -0.25) is 0 Å². The van der Waals surface area contributed by atoms with E-state index in [2.05, 4.69) is 93.6 Å². The van der Waals surface area contributed by atoms with Crippen LogP contribution in [0.15, 0.2) is 72.8 Å². The van der Waals surface area contributed by atoms with Crippen molar-refractivity contribution < 1.29 is 0 Å². The fourth-order valence-electron chi connectivity index (χ4n) is 2.83. The summed E-state index contributed by atoms with van der Waals surface area (Å²) in [5.41, 5.74) is 4.13. The minimum Gasteiger partial charge on any atom is -0.153 e. The van der Waals surface area contributed by atoms with Crippen LogP contribution in [0.4, 0.5) is 0 Å². The van der Waals surface area contributed by atoms with Crippen LogP contribution in [-0.4, -0.2) is 0 Å². The Morgan fingerprint density at radius 2 is 0.739 bits per heavy atom. The van der Waals surface area contributed by atoms with Crippen molar-refractivity contribution in [2.45, 2.75) is 20.8 Å². The van der Waals surface area contributed by atoms with Gasteiger partial charge in [0.1, 0.15) is 0 Å². The maximum atomic E-state index is 2.29. The number of benzene rings is 3. The van der Waals surface area contributed by atoms with Gasteiger partial charge in [0.05, 0.1) is 0 Å². The standard InChI is InChI=1S/C21H21P.H3P/c1-16-10-4-7-13-19(16)22(20-14-8-5-11-17(20)2)21-15-9-6-12-18(21)3;/h4-15H,1-3H3;1H3. The van der Waals surface area contributed by atoms with Crippen molar-refractivity contribution in [1.29, 1.82) is 0 Å². The molecule has 3 aromatic carbocycles. The lowest BCUT2D eigenvalue weighted by molar-refractivity contribution is 1.49. The number of aryl methyl sites for hydroxylation is 3. The summed E-state index contributed by atoms with van der Waals surface area (Å²) in [6.45, 7) is 6.67. The molecule has 0 N–H and O–H groups in total. The molecule has 23 heavy (non-hydrogen) atoms. The number of rotatable bonds is 3. The second kappa shape index (κ2) is 7.87. The third-order valence-electron chi connectivity index (χ3n) is 4.07. The summed E-state index contributed by atoms with van der Waals surface area (Å²) in [5, 5.41) is 4.38. The van der Waals surface area contributed by atoms with Gasteiger partial charge in [0.25, 0.3) is 0 Å². The normalized spacial score (nSPS) is 10.4. The Bertz CT molecular complexity index is 685. The molecule has 0 aliphatic carbocycles. The van der Waals surface area contributed by atoms with E-state index in [-0.39, 0.29) is 9.90 Å². The molecule has 0 aliphatic rings. The average Bonchev–Trinajstić information content (AvgIpc) is 2.53. The van der Waals surface area contributed by atoms with Gasteiger partial charge in [-0.25, -0.2) is 0 Å². The molecular weight excluding hydrogens is 314 g/mol. The first-order chi connectivity index (χ1) is 10.7. The Labute approximate surface area is 144 Å². The maximum absolute atomic E-state index is 2.29. The first-order valence-corrected chi connectivity index (χ1v) is 8.99. The van der Waals surface area contributed by atoms with E-state index in [0.717, 1.165) is 0 Å². The van der Waals surface area contributed by atoms with E-state index < -0.39 is 7.92 Å². The molecule has 3 rings (SSSR count). The number of hydrogen-bond acceptors (Lipinski definition) is 0. The van der Waals surface area contributed by atoms with Crippen molar-refractivity contribution in [3.63, 3.8) is 0 Å². The molecule has 0 bridgehead atoms. The lowest BCUT2D eigenvalue weighted by Crippen LogP contribution is -2.25. The molecule has 0 saturated heterocycles. The van der Waals surface area contributed by atoms with Gasteiger partial charge in [0.2, 0.25) is 0 Å². The summed E-state index contributed by atoms with van der Waals surface area (Å²) >= 11 is 0. The Balaban J connectivity index is 0.00000192. The lowest BCUT2D eigenvalue weighted by atomic mass is 10.2. The molecule has 0 radical (unpaired) electrons. The maximum Gasteiger partial charge on any atom is -0.0122 e. The van der Waals surface area contributed by atoms with E-state index in [4.69, 9.17) is 0 Å². The van der Waals surface area contributed by atoms with Crippen LogP contribution in [0.1, 0.15) is 16.7 Å². The molecular formula is C21H24P2. The summed E-state index contributed by atoms with van der Waals surface area (Å²) in [7, 11) is -0.508. The number of hydrogen-bond donors (Lipinski definition) is 0. The van der Waals surface area contributed by atoms with Crippen LogP contribution in [0.25, 0.3) is 0 Å². The van der Waals surface area contributed by atoms with Crippen LogP contribution in [0, 0.1) is 20.8 Å². The largest absolute Gasteiger partial charge is 0.153 e. The first-order valence-electron chi connectivity index (χ1n) is 7.65. The van der Waals surface area contributed by atoms with Crippen LogP contribution >= 0.6 is 17.8 Å². The molecule has 0 saturated carbocycles. The third kappa shape index (κ3) is 3.72. The molecule has 0 amide bonds. The summed E-state index contributed by atoms with van der Waals surface area (Å²) in [6, 6.07) is 26.4. The zero-order valence-electron chi connectivity index (χ0n) is 14.1. The Kier molecular flexibility index (Phi) is 6.11. The van der Waals surface area contributed by atoms with Gasteiger partial charge in [0.15, 0.2) is 0 Å². The molecule has 1 unspecified atom stereocenters. The average molecular weight is 338 g/mol. The topological polar surface area (TPSA) is 0 Å². The Morgan fingerprint density at radius 1 is 0.478 bits per heavy atom. The van der Waals surface area contributed by atoms with Gasteiger partial charge < -0.3 is 0 Å². The van der Waals surface area contributed by atoms with Gasteiger partial charge >= 0.3 is 0 Å². The molecule has 0 heterocycles. The Morgan fingerprint density at radius 3 is 1.00 bits per heavy atom. The second-order valence-corrected chi connectivity index (χ2v) is 7.81. The first kappa shape index (κ1) is 17.9. The highest BCUT2D eigenvalue weighted by atomic mass is 31.1. The molecule has 0 nitrogen and oxygen atoms in total. The fraction of sp³-hybridized carbons (Fsp3) is 0.143. The van der Waals surface area contributed by atoms with Crippen LogP contribution in [0.3, 0.4) is 0 Å². The zero-order valence-corrected chi connectivity index (χ0v) is 16.4. The molecule has 0 fully saturated rings. The van der Waals surface area contributed by atoms with Gasteiger partial charge in [-0.1, -0.05) is 72.8 Å². The molecule has 118 valence electrons. The highest BCUT2D eigenvalue weighted by Gasteiger charge is 2.20. The quantitative estimate of drug-likeness (QED) is 0.620. The molecule has 0 aliphatic heterocycles. The van der Waals surface area contributed by atoms with Gasteiger partial charge in [-0.05, 0) is 61.3 Å². The van der Waals surface area contributed by atoms with E-state index in [1.165, 1.54) is 32.6 Å². The molecule has 2 heteroatoms. The monoisotopic (exact) mass is 338 g/mol. The van der Waals surface area contributed by atoms with E-state index in [1.807, 2.05) is 0 Å². The highest BCUT2D eigenvalue weighted by Crippen LogP contribution is 2.36. The molecule has 0 spiro atoms. The van der Waals surface area contributed by atoms with E-state index in [0.29, 0.717) is 0 Å². The van der Waals surface area contributed by atoms with Crippen LogP contribution < -0.4 is 15.9 Å². The van der Waals surface area contributed by atoms with Crippen molar-refractivity contribution in [2.24, 2.45) is 0 Å². The van der Waals surface area contributed by atoms with Crippen LogP contribution in [0.5, 0.6) is 0 Å². The fourth-order valence-corrected chi connectivity index (χ4v) is 5.60. The Hall–Kier alpha value is -1.48. The molecule has 1 atom stereocenters. The van der Waals surface area contributed by atoms with Crippen molar-refractivity contribution in [3.8, 4) is 0 Å². The van der Waals surface area contributed by atoms with Crippen molar-refractivity contribution in [3.05, 3.63) is 89.5 Å². The minimum absolute atomic E-state index is 0. The SMILES string of the molecule is Cc1ccccc1P(c1ccccc1C)c1ccccc1C.P. The smallest absolute Gasteiger partial charge is 0.0122 e. The third-order valence-corrected chi connectivity index (χ3v) is 7.02. The van der Waals surface area contributed by atoms with Crippen LogP contribution in [-0.2, 0) is 0 Å². The predicted molar refractivity (Wildman–Crippen MR) is 110 cm³/mol. The van der Waals surface area contributed by atoms with Crippen molar-refractivity contribution in [1.82, 2.24) is 0 Å². The summed E-state index contributed by atoms with van der Waals surface area (Å²) in [4.78, 5) is 0. The van der Waals surface area contributed by atoms with Crippen LogP contribution in [0.2, 0.25) is 0 Å². The predicted octanol–water partition coefficient (Wildman–Crippen LogP) is 4.43. The molecule has 3 aromatic rings. The summed E-state index contributed by atoms with van der Waals surface area (Å²) in [6.07, 6.45) is 0. The van der Waals surface area contributed by atoms with Gasteiger partial charge in [0, 0.05) is 0 Å². The van der Waals surface area contributed by atoms with E-state index in [9.17, 15) is 0 Å². The van der Waals surface area contributed by atoms with E-state index >= 15 is 0 Å². The highest BCUT2D eigenvalue weighted by molar-refractivity contribution is 7.80. The van der Waals surface area contributed by atoms with E-state index in [1.54, 1.807) is 0 Å². The zero-order chi connectivity index (χ0) is 15.5. The summed E-state index contributed by atoms with van der Waals surface area (Å²) in [5.74, 6) is 0. The second-order valence-electron chi connectivity index (χ2n) is 5.69. The van der Waals surface area contributed by atoms with Gasteiger partial charge in [-0.2, -0.15) is 9.90 Å². The summed E-state index contributed by atoms with van der Waals surface area (Å²) < 4.78 is 0. The van der Waals surface area contributed by atoms with Crippen molar-refractivity contribution in [2.75, 3.05) is 0 Å².